The van der Waals surface area contributed by atoms with E-state index in [-0.39, 0.29) is 5.69 Å². The highest BCUT2D eigenvalue weighted by molar-refractivity contribution is 5.87. The van der Waals surface area contributed by atoms with Gasteiger partial charge >= 0.3 is 0 Å². The van der Waals surface area contributed by atoms with Crippen LogP contribution in [0.15, 0.2) is 146 Å². The molecule has 0 aliphatic rings. The Morgan fingerprint density at radius 1 is 0.517 bits per heavy atom. The fourth-order valence-corrected chi connectivity index (χ4v) is 7.07. The van der Waals surface area contributed by atoms with Crippen LogP contribution < -0.4 is 5.73 Å². The van der Waals surface area contributed by atoms with E-state index in [0.717, 1.165) is 102 Å². The molecule has 0 aliphatic carbocycles. The molecule has 12 heteroatoms. The number of halogens is 1. The van der Waals surface area contributed by atoms with E-state index >= 15 is 0 Å². The molecule has 7 aromatic heterocycles. The van der Waals surface area contributed by atoms with Gasteiger partial charge in [0, 0.05) is 71.2 Å². The van der Waals surface area contributed by atoms with E-state index in [4.69, 9.17) is 20.7 Å². The maximum absolute atomic E-state index is 13.5. The van der Waals surface area contributed by atoms with Crippen molar-refractivity contribution in [3.8, 4) is 45.3 Å². The van der Waals surface area contributed by atoms with E-state index in [1.165, 1.54) is 6.07 Å². The van der Waals surface area contributed by atoms with Crippen LogP contribution in [0.3, 0.4) is 0 Å². The number of aryl methyl sites for hydroxylation is 2. The Morgan fingerprint density at radius 3 is 1.82 bits per heavy atom. The lowest BCUT2D eigenvalue weighted by Crippen LogP contribution is -1.96. The third-order valence-corrected chi connectivity index (χ3v) is 9.92. The number of hydrogen-bond donors (Lipinski definition) is 3. The van der Waals surface area contributed by atoms with Crippen molar-refractivity contribution in [1.29, 1.82) is 0 Å². The third-order valence-electron chi connectivity index (χ3n) is 9.92. The first-order chi connectivity index (χ1) is 29.3. The number of hydrogen-bond acceptors (Lipinski definition) is 9. The molecule has 0 spiro atoms. The zero-order valence-electron chi connectivity index (χ0n) is 32.8. The third kappa shape index (κ3) is 8.20. The zero-order valence-corrected chi connectivity index (χ0v) is 32.8. The van der Waals surface area contributed by atoms with Crippen molar-refractivity contribution in [1.82, 2.24) is 49.8 Å². The fourth-order valence-electron chi connectivity index (χ4n) is 7.07. The summed E-state index contributed by atoms with van der Waals surface area (Å²) >= 11 is 0. The fraction of sp³-hybridized carbons (Fsp3) is 0.0833. The smallest absolute Gasteiger partial charge is 0.146 e. The SMILES string of the molecule is Cc1cccc(-c2[nH]c(Cc3ccc(F)c(N)c3)nc2-c2ccc3nccnc3c2)n1.Cc1cccc(-c2[nH]c(Cc3ccccn3)nc2-c2ccc3ncccc3c2)n1. The number of aromatic amines is 2. The van der Waals surface area contributed by atoms with E-state index in [0.29, 0.717) is 12.8 Å². The van der Waals surface area contributed by atoms with Crippen LogP contribution in [0.5, 0.6) is 0 Å². The molecule has 0 aliphatic heterocycles. The van der Waals surface area contributed by atoms with Crippen LogP contribution in [0, 0.1) is 19.7 Å². The number of rotatable bonds is 8. The monoisotopic (exact) mass is 787 g/mol. The quantitative estimate of drug-likeness (QED) is 0.127. The predicted molar refractivity (Wildman–Crippen MR) is 233 cm³/mol. The van der Waals surface area contributed by atoms with Crippen molar-refractivity contribution in [2.45, 2.75) is 26.7 Å². The standard InChI is InChI=1S/C24H19FN6.C24H19N5/c1-14-3-2-4-20(29-14)24-23(16-6-8-19-21(13-16)28-10-9-27-19)30-22(31-24)12-15-5-7-17(25)18(26)11-15;1-16-6-4-9-21(27-16)24-23(18-10-11-20-17(14-18)7-5-13-26-20)28-22(29-24)15-19-8-2-3-12-25-19/h2-11,13H,12,26H2,1H3,(H,30,31);2-14H,15H2,1H3,(H,28,29). The molecule has 0 fully saturated rings. The van der Waals surface area contributed by atoms with Gasteiger partial charge in [-0.25, -0.2) is 14.4 Å². The number of nitrogens with two attached hydrogens (primary N) is 1. The Morgan fingerprint density at radius 2 is 1.15 bits per heavy atom. The molecule has 0 saturated heterocycles. The van der Waals surface area contributed by atoms with E-state index in [9.17, 15) is 4.39 Å². The van der Waals surface area contributed by atoms with Gasteiger partial charge in [-0.1, -0.05) is 42.5 Å². The molecule has 60 heavy (non-hydrogen) atoms. The number of nitrogen functional groups attached to an aromatic ring is 1. The first-order valence-corrected chi connectivity index (χ1v) is 19.4. The minimum Gasteiger partial charge on any atom is -0.396 e. The van der Waals surface area contributed by atoms with Gasteiger partial charge in [0.05, 0.1) is 56.4 Å². The molecule has 3 aromatic carbocycles. The van der Waals surface area contributed by atoms with Crippen LogP contribution in [0.1, 0.15) is 34.3 Å². The van der Waals surface area contributed by atoms with Gasteiger partial charge in [0.25, 0.3) is 0 Å². The maximum Gasteiger partial charge on any atom is 0.146 e. The van der Waals surface area contributed by atoms with Gasteiger partial charge in [0.2, 0.25) is 0 Å². The second-order valence-corrected chi connectivity index (χ2v) is 14.3. The van der Waals surface area contributed by atoms with Crippen molar-refractivity contribution in [2.75, 3.05) is 5.73 Å². The summed E-state index contributed by atoms with van der Waals surface area (Å²) in [5.74, 6) is 1.17. The normalized spacial score (nSPS) is 11.1. The maximum atomic E-state index is 13.5. The van der Waals surface area contributed by atoms with E-state index < -0.39 is 5.82 Å². The number of aromatic nitrogens is 10. The van der Waals surface area contributed by atoms with Crippen LogP contribution in [-0.2, 0) is 12.8 Å². The minimum absolute atomic E-state index is 0.123. The average molecular weight is 788 g/mol. The molecule has 0 atom stereocenters. The summed E-state index contributed by atoms with van der Waals surface area (Å²) in [5, 5.41) is 1.09. The molecular formula is C48H38FN11. The Bertz CT molecular complexity index is 3120. The van der Waals surface area contributed by atoms with Gasteiger partial charge in [0.15, 0.2) is 0 Å². The van der Waals surface area contributed by atoms with Gasteiger partial charge in [0.1, 0.15) is 17.5 Å². The minimum atomic E-state index is -0.425. The van der Waals surface area contributed by atoms with Crippen LogP contribution in [0.2, 0.25) is 0 Å². The largest absolute Gasteiger partial charge is 0.396 e. The van der Waals surface area contributed by atoms with Gasteiger partial charge in [-0.2, -0.15) is 0 Å². The van der Waals surface area contributed by atoms with Crippen molar-refractivity contribution in [3.63, 3.8) is 0 Å². The van der Waals surface area contributed by atoms with E-state index in [1.54, 1.807) is 30.7 Å². The number of nitrogens with one attached hydrogen (secondary N) is 2. The highest BCUT2D eigenvalue weighted by Gasteiger charge is 2.18. The molecule has 7 heterocycles. The molecule has 4 N–H and O–H groups in total. The Labute approximate surface area is 344 Å². The van der Waals surface area contributed by atoms with Crippen LogP contribution in [-0.4, -0.2) is 49.8 Å². The van der Waals surface area contributed by atoms with Gasteiger partial charge in [-0.05, 0) is 98.3 Å². The first kappa shape index (κ1) is 37.6. The summed E-state index contributed by atoms with van der Waals surface area (Å²) in [7, 11) is 0. The second kappa shape index (κ2) is 16.5. The Kier molecular flexibility index (Phi) is 10.3. The van der Waals surface area contributed by atoms with E-state index in [2.05, 4.69) is 53.1 Å². The molecule has 11 nitrogen and oxygen atoms in total. The summed E-state index contributed by atoms with van der Waals surface area (Å²) in [6.45, 7) is 3.95. The number of nitrogens with zero attached hydrogens (tertiary/aromatic N) is 8. The van der Waals surface area contributed by atoms with Crippen molar-refractivity contribution in [3.05, 3.63) is 186 Å². The summed E-state index contributed by atoms with van der Waals surface area (Å²) < 4.78 is 13.5. The van der Waals surface area contributed by atoms with Crippen molar-refractivity contribution in [2.24, 2.45) is 0 Å². The molecular weight excluding hydrogens is 750 g/mol. The number of H-pyrrole nitrogens is 2. The molecule has 0 unspecified atom stereocenters. The van der Waals surface area contributed by atoms with Gasteiger partial charge < -0.3 is 15.7 Å². The summed E-state index contributed by atoms with van der Waals surface area (Å²) in [5.41, 5.74) is 19.2. The zero-order chi connectivity index (χ0) is 41.0. The number of imidazole rings is 2. The highest BCUT2D eigenvalue weighted by Crippen LogP contribution is 2.33. The summed E-state index contributed by atoms with van der Waals surface area (Å²) in [4.78, 5) is 43.7. The van der Waals surface area contributed by atoms with E-state index in [1.807, 2.05) is 105 Å². The number of anilines is 1. The Hall–Kier alpha value is -7.99. The number of pyridine rings is 4. The highest BCUT2D eigenvalue weighted by atomic mass is 19.1. The lowest BCUT2D eigenvalue weighted by molar-refractivity contribution is 0.632. The van der Waals surface area contributed by atoms with Crippen LogP contribution >= 0.6 is 0 Å². The summed E-state index contributed by atoms with van der Waals surface area (Å²) in [6.07, 6.45) is 8.07. The summed E-state index contributed by atoms with van der Waals surface area (Å²) in [6, 6.07) is 38.7. The average Bonchev–Trinajstić information content (AvgIpc) is 3.90. The molecule has 10 rings (SSSR count). The lowest BCUT2D eigenvalue weighted by atomic mass is 10.1. The molecule has 0 saturated carbocycles. The number of benzene rings is 3. The predicted octanol–water partition coefficient (Wildman–Crippen LogP) is 9.68. The van der Waals surface area contributed by atoms with Gasteiger partial charge in [-0.3, -0.25) is 29.9 Å². The molecule has 0 radical (unpaired) electrons. The van der Waals surface area contributed by atoms with Crippen molar-refractivity contribution >= 4 is 27.6 Å². The van der Waals surface area contributed by atoms with Crippen LogP contribution in [0.4, 0.5) is 10.1 Å². The Balaban J connectivity index is 0.000000154. The molecule has 0 amide bonds. The topological polar surface area (TPSA) is 161 Å². The number of fused-ring (bicyclic) bond motifs is 2. The lowest BCUT2D eigenvalue weighted by Gasteiger charge is -2.05. The second-order valence-electron chi connectivity index (χ2n) is 14.3. The molecule has 10 aromatic rings. The van der Waals surface area contributed by atoms with Crippen molar-refractivity contribution < 1.29 is 4.39 Å². The molecule has 292 valence electrons. The molecule has 0 bridgehead atoms. The van der Waals surface area contributed by atoms with Crippen LogP contribution in [0.25, 0.3) is 67.2 Å². The van der Waals surface area contributed by atoms with Gasteiger partial charge in [-0.15, -0.1) is 0 Å². The first-order valence-electron chi connectivity index (χ1n) is 19.4.